The molecule has 0 aliphatic carbocycles. The minimum atomic E-state index is -1.41. The Hall–Kier alpha value is -3.33. The summed E-state index contributed by atoms with van der Waals surface area (Å²) in [4.78, 5) is 16.7. The normalized spacial score (nSPS) is 11.6. The molecule has 1 unspecified atom stereocenters. The Balaban J connectivity index is 1.50. The fraction of sp³-hybridized carbons (Fsp3) is 0.333. The molecule has 0 aliphatic rings. The third-order valence-corrected chi connectivity index (χ3v) is 6.16. The average Bonchev–Trinajstić information content (AvgIpc) is 3.18. The molecule has 0 fully saturated rings. The summed E-state index contributed by atoms with van der Waals surface area (Å²) < 4.78 is 34.0. The van der Waals surface area contributed by atoms with Crippen molar-refractivity contribution in [1.82, 2.24) is 10.3 Å². The van der Waals surface area contributed by atoms with Crippen LogP contribution in [0.5, 0.6) is 17.2 Å². The third-order valence-electron chi connectivity index (χ3n) is 4.98. The lowest BCUT2D eigenvalue weighted by Crippen LogP contribution is -2.30. The lowest BCUT2D eigenvalue weighted by molar-refractivity contribution is -0.118. The van der Waals surface area contributed by atoms with Gasteiger partial charge in [-0.25, -0.2) is 4.98 Å². The van der Waals surface area contributed by atoms with Crippen LogP contribution in [0.3, 0.4) is 0 Å². The van der Waals surface area contributed by atoms with Gasteiger partial charge in [-0.15, -0.1) is 0 Å². The molecule has 0 spiro atoms. The average molecular weight is 473 g/mol. The number of ether oxygens (including phenoxy) is 3. The molecule has 1 N–H and O–H groups in total. The fourth-order valence-electron chi connectivity index (χ4n) is 3.22. The van der Waals surface area contributed by atoms with Crippen LogP contribution in [0.4, 0.5) is 0 Å². The van der Waals surface area contributed by atoms with E-state index in [1.807, 2.05) is 42.5 Å². The maximum atomic E-state index is 12.5. The van der Waals surface area contributed by atoms with E-state index in [2.05, 4.69) is 10.3 Å². The highest BCUT2D eigenvalue weighted by Crippen LogP contribution is 2.28. The molecule has 2 aromatic carbocycles. The Morgan fingerprint density at radius 1 is 1.06 bits per heavy atom. The lowest BCUT2D eigenvalue weighted by Gasteiger charge is -2.10. The van der Waals surface area contributed by atoms with Gasteiger partial charge in [0.15, 0.2) is 11.5 Å². The van der Waals surface area contributed by atoms with Gasteiger partial charge in [-0.2, -0.15) is 0 Å². The van der Waals surface area contributed by atoms with Crippen LogP contribution in [0.1, 0.15) is 17.0 Å². The predicted molar refractivity (Wildman–Crippen MR) is 126 cm³/mol. The number of hydrogen-bond donors (Lipinski definition) is 1. The van der Waals surface area contributed by atoms with Gasteiger partial charge in [-0.3, -0.25) is 9.00 Å². The zero-order valence-electron chi connectivity index (χ0n) is 19.2. The summed E-state index contributed by atoms with van der Waals surface area (Å²) in [5.41, 5.74) is 2.34. The molecule has 8 nitrogen and oxygen atoms in total. The maximum absolute atomic E-state index is 12.5. The van der Waals surface area contributed by atoms with E-state index < -0.39 is 10.8 Å². The van der Waals surface area contributed by atoms with E-state index >= 15 is 0 Å². The number of carbonyl (C=O) groups excluding carboxylic acids is 1. The molecule has 0 bridgehead atoms. The second kappa shape index (κ2) is 11.5. The van der Waals surface area contributed by atoms with Crippen molar-refractivity contribution in [3.63, 3.8) is 0 Å². The molecule has 1 aromatic heterocycles. The number of amides is 1. The van der Waals surface area contributed by atoms with Crippen LogP contribution < -0.4 is 19.5 Å². The molecule has 3 rings (SSSR count). The van der Waals surface area contributed by atoms with Crippen LogP contribution in [-0.4, -0.2) is 48.7 Å². The van der Waals surface area contributed by atoms with Crippen molar-refractivity contribution in [3.05, 3.63) is 59.5 Å². The maximum Gasteiger partial charge on any atom is 0.232 e. The van der Waals surface area contributed by atoms with Gasteiger partial charge in [0.05, 0.1) is 32.8 Å². The Morgan fingerprint density at radius 2 is 1.85 bits per heavy atom. The zero-order chi connectivity index (χ0) is 23.8. The number of aromatic nitrogens is 1. The van der Waals surface area contributed by atoms with E-state index in [4.69, 9.17) is 18.6 Å². The molecule has 3 aromatic rings. The summed E-state index contributed by atoms with van der Waals surface area (Å²) in [5, 5.41) is 2.81. The van der Waals surface area contributed by atoms with Crippen molar-refractivity contribution in [1.29, 1.82) is 0 Å². The minimum Gasteiger partial charge on any atom is -0.497 e. The topological polar surface area (TPSA) is 99.9 Å². The largest absolute Gasteiger partial charge is 0.497 e. The Bertz CT molecular complexity index is 1130. The first-order valence-corrected chi connectivity index (χ1v) is 11.9. The molecule has 1 amide bonds. The summed E-state index contributed by atoms with van der Waals surface area (Å²) in [6.45, 7) is 2.20. The summed E-state index contributed by atoms with van der Waals surface area (Å²) in [7, 11) is 3.34. The van der Waals surface area contributed by atoms with Crippen LogP contribution in [0.2, 0.25) is 0 Å². The second-order valence-corrected chi connectivity index (χ2v) is 8.73. The van der Waals surface area contributed by atoms with Crippen molar-refractivity contribution < 1.29 is 27.6 Å². The third kappa shape index (κ3) is 6.58. The monoisotopic (exact) mass is 472 g/mol. The van der Waals surface area contributed by atoms with Crippen molar-refractivity contribution >= 4 is 16.7 Å². The molecule has 0 saturated heterocycles. The van der Waals surface area contributed by atoms with Crippen LogP contribution >= 0.6 is 0 Å². The van der Waals surface area contributed by atoms with Crippen molar-refractivity contribution in [2.75, 3.05) is 33.6 Å². The van der Waals surface area contributed by atoms with Crippen molar-refractivity contribution in [2.24, 2.45) is 0 Å². The van der Waals surface area contributed by atoms with Gasteiger partial charge in [0.2, 0.25) is 11.8 Å². The van der Waals surface area contributed by atoms with Gasteiger partial charge in [0, 0.05) is 22.9 Å². The molecular formula is C24H28N2O6S. The van der Waals surface area contributed by atoms with Crippen molar-refractivity contribution in [2.45, 2.75) is 19.1 Å². The van der Waals surface area contributed by atoms with Crippen LogP contribution in [0.15, 0.2) is 46.9 Å². The van der Waals surface area contributed by atoms with Gasteiger partial charge < -0.3 is 23.9 Å². The zero-order valence-corrected chi connectivity index (χ0v) is 20.0. The number of aryl methyl sites for hydroxylation is 1. The Kier molecular flexibility index (Phi) is 8.48. The molecule has 9 heteroatoms. The molecule has 1 heterocycles. The molecule has 0 saturated carbocycles. The molecule has 0 aliphatic heterocycles. The van der Waals surface area contributed by atoms with E-state index in [0.29, 0.717) is 47.6 Å². The van der Waals surface area contributed by atoms with E-state index in [1.165, 1.54) is 0 Å². The predicted octanol–water partition coefficient (Wildman–Crippen LogP) is 3.28. The van der Waals surface area contributed by atoms with Crippen LogP contribution in [-0.2, 0) is 27.8 Å². The number of nitrogens with zero attached hydrogens (tertiary/aromatic N) is 1. The number of rotatable bonds is 11. The summed E-state index contributed by atoms with van der Waals surface area (Å²) in [5.74, 6) is 2.75. The van der Waals surface area contributed by atoms with Crippen molar-refractivity contribution in [3.8, 4) is 28.7 Å². The summed E-state index contributed by atoms with van der Waals surface area (Å²) in [6.07, 6.45) is 0.616. The number of benzene rings is 2. The Labute approximate surface area is 195 Å². The first kappa shape index (κ1) is 24.3. The second-order valence-electron chi connectivity index (χ2n) is 7.27. The molecule has 33 heavy (non-hydrogen) atoms. The minimum absolute atomic E-state index is 0.104. The highest BCUT2D eigenvalue weighted by Gasteiger charge is 2.16. The SMILES string of the molecule is COc1cccc(-c2nc(CS(=O)CC(=O)NCCc3ccc(OC)c(OC)c3)c(C)o2)c1. The highest BCUT2D eigenvalue weighted by atomic mass is 32.2. The van der Waals surface area contributed by atoms with Gasteiger partial charge >= 0.3 is 0 Å². The van der Waals surface area contributed by atoms with Crippen LogP contribution in [0, 0.1) is 6.92 Å². The Morgan fingerprint density at radius 3 is 2.58 bits per heavy atom. The number of oxazole rings is 1. The lowest BCUT2D eigenvalue weighted by atomic mass is 10.1. The highest BCUT2D eigenvalue weighted by molar-refractivity contribution is 7.84. The van der Waals surface area contributed by atoms with E-state index in [0.717, 1.165) is 11.1 Å². The van der Waals surface area contributed by atoms with Crippen LogP contribution in [0.25, 0.3) is 11.5 Å². The first-order chi connectivity index (χ1) is 15.9. The number of carbonyl (C=O) groups is 1. The summed E-state index contributed by atoms with van der Waals surface area (Å²) in [6, 6.07) is 13.0. The standard InChI is InChI=1S/C24H28N2O6S/c1-16-20(26-24(32-16)18-6-5-7-19(13-18)29-2)14-33(28)15-23(27)25-11-10-17-8-9-21(30-3)22(12-17)31-4/h5-9,12-13H,10-11,14-15H2,1-4H3,(H,25,27). The number of hydrogen-bond acceptors (Lipinski definition) is 7. The number of nitrogens with one attached hydrogen (secondary N) is 1. The molecule has 0 radical (unpaired) electrons. The smallest absolute Gasteiger partial charge is 0.232 e. The fourth-order valence-corrected chi connectivity index (χ4v) is 4.29. The van der Waals surface area contributed by atoms with E-state index in [1.54, 1.807) is 28.3 Å². The first-order valence-electron chi connectivity index (χ1n) is 10.4. The molecular weight excluding hydrogens is 444 g/mol. The molecule has 1 atom stereocenters. The van der Waals surface area contributed by atoms with Gasteiger partial charge in [-0.1, -0.05) is 12.1 Å². The van der Waals surface area contributed by atoms with Gasteiger partial charge in [0.1, 0.15) is 17.3 Å². The quantitative estimate of drug-likeness (QED) is 0.457. The summed E-state index contributed by atoms with van der Waals surface area (Å²) >= 11 is 0. The van der Waals surface area contributed by atoms with E-state index in [9.17, 15) is 9.00 Å². The molecule has 176 valence electrons. The van der Waals surface area contributed by atoms with Gasteiger partial charge in [-0.05, 0) is 49.2 Å². The van der Waals surface area contributed by atoms with E-state index in [-0.39, 0.29) is 17.4 Å². The number of methoxy groups -OCH3 is 3. The van der Waals surface area contributed by atoms with Gasteiger partial charge in [0.25, 0.3) is 0 Å².